The lowest BCUT2D eigenvalue weighted by Crippen LogP contribution is -2.40. The molecule has 0 aromatic rings. The molecule has 1 aliphatic carbocycles. The molecule has 1 aliphatic rings. The fourth-order valence-electron chi connectivity index (χ4n) is 1.96. The predicted octanol–water partition coefficient (Wildman–Crippen LogP) is 2.40. The summed E-state index contributed by atoms with van der Waals surface area (Å²) in [6.45, 7) is 1.46. The van der Waals surface area contributed by atoms with Gasteiger partial charge in [0.15, 0.2) is 5.41 Å². The Kier molecular flexibility index (Phi) is 3.67. The van der Waals surface area contributed by atoms with Crippen LogP contribution in [0.3, 0.4) is 0 Å². The van der Waals surface area contributed by atoms with Crippen molar-refractivity contribution < 1.29 is 23.2 Å². The summed E-state index contributed by atoms with van der Waals surface area (Å²) in [4.78, 5) is 24.3. The quantitative estimate of drug-likeness (QED) is 0.559. The molecule has 18 heavy (non-hydrogen) atoms. The zero-order chi connectivity index (χ0) is 16.1. The van der Waals surface area contributed by atoms with Gasteiger partial charge in [-0.05, 0) is 33.5 Å². The molecule has 0 aromatic heterocycles. The van der Waals surface area contributed by atoms with E-state index in [1.807, 2.05) is 0 Å². The van der Waals surface area contributed by atoms with Gasteiger partial charge in [-0.15, -0.1) is 0 Å². The van der Waals surface area contributed by atoms with Crippen LogP contribution >= 0.6 is 0 Å². The summed E-state index contributed by atoms with van der Waals surface area (Å²) in [7, 11) is 0. The van der Waals surface area contributed by atoms with Crippen molar-refractivity contribution in [1.82, 2.24) is 0 Å². The highest BCUT2D eigenvalue weighted by Crippen LogP contribution is 2.40. The molecular weight excluding hydrogens is 232 g/mol. The molecule has 0 fully saturated rings. The van der Waals surface area contributed by atoms with Crippen LogP contribution in [-0.4, -0.2) is 25.2 Å². The molecule has 1 rings (SSSR count). The number of allylic oxidation sites excluding steroid dienone is 4. The molecule has 0 amide bonds. The van der Waals surface area contributed by atoms with Crippen molar-refractivity contribution in [3.05, 3.63) is 23.8 Å². The van der Waals surface area contributed by atoms with E-state index in [0.29, 0.717) is 5.57 Å². The number of carbonyl (C=O) groups excluding carboxylic acids is 2. The average Bonchev–Trinajstić information content (AvgIpc) is 2.82. The zero-order valence-corrected chi connectivity index (χ0v) is 10.7. The minimum absolute atomic E-state index is 0.0945. The van der Waals surface area contributed by atoms with Gasteiger partial charge < -0.3 is 9.47 Å². The zero-order valence-electron chi connectivity index (χ0n) is 13.7. The molecule has 4 nitrogen and oxygen atoms in total. The molecule has 0 atom stereocenters. The SMILES string of the molecule is [2H]C([2H])([2H])/C=C\C1=CCC(C(=O)OCC)(C(=O)OCC)C1. The van der Waals surface area contributed by atoms with Crippen LogP contribution in [0.4, 0.5) is 0 Å². The van der Waals surface area contributed by atoms with Gasteiger partial charge in [0, 0.05) is 4.11 Å². The minimum Gasteiger partial charge on any atom is -0.465 e. The van der Waals surface area contributed by atoms with E-state index in [4.69, 9.17) is 13.6 Å². The number of rotatable bonds is 5. The Hall–Kier alpha value is -1.58. The number of ether oxygens (including phenoxy) is 2. The number of carbonyl (C=O) groups is 2. The molecule has 0 aromatic carbocycles. The molecule has 0 saturated carbocycles. The summed E-state index contributed by atoms with van der Waals surface area (Å²) in [6.07, 6.45) is 4.43. The lowest BCUT2D eigenvalue weighted by molar-refractivity contribution is -0.171. The first-order valence-corrected chi connectivity index (χ1v) is 5.98. The summed E-state index contributed by atoms with van der Waals surface area (Å²) < 4.78 is 31.4. The van der Waals surface area contributed by atoms with E-state index in [0.717, 1.165) is 6.08 Å². The number of esters is 2. The van der Waals surface area contributed by atoms with Gasteiger partial charge >= 0.3 is 11.9 Å². The Morgan fingerprint density at radius 1 is 1.39 bits per heavy atom. The second kappa shape index (κ2) is 6.38. The monoisotopic (exact) mass is 255 g/mol. The van der Waals surface area contributed by atoms with Crippen LogP contribution in [0.15, 0.2) is 23.8 Å². The van der Waals surface area contributed by atoms with Crippen molar-refractivity contribution in [2.75, 3.05) is 13.2 Å². The highest BCUT2D eigenvalue weighted by Gasteiger charge is 2.50. The van der Waals surface area contributed by atoms with E-state index in [1.165, 1.54) is 6.08 Å². The van der Waals surface area contributed by atoms with Crippen molar-refractivity contribution in [3.8, 4) is 0 Å². The first kappa shape index (κ1) is 10.4. The predicted molar refractivity (Wildman–Crippen MR) is 67.8 cm³/mol. The maximum Gasteiger partial charge on any atom is 0.324 e. The smallest absolute Gasteiger partial charge is 0.324 e. The van der Waals surface area contributed by atoms with Crippen LogP contribution in [0.2, 0.25) is 0 Å². The fourth-order valence-corrected chi connectivity index (χ4v) is 1.96. The number of hydrogen-bond acceptors (Lipinski definition) is 4. The van der Waals surface area contributed by atoms with E-state index < -0.39 is 24.2 Å². The van der Waals surface area contributed by atoms with Crippen molar-refractivity contribution in [1.29, 1.82) is 0 Å². The molecular formula is C14H20O4. The maximum atomic E-state index is 12.1. The van der Waals surface area contributed by atoms with Crippen LogP contribution < -0.4 is 0 Å². The van der Waals surface area contributed by atoms with Gasteiger partial charge in [-0.25, -0.2) is 0 Å². The third-order valence-electron chi connectivity index (χ3n) is 2.85. The molecule has 0 heterocycles. The Labute approximate surface area is 112 Å². The molecule has 4 heteroatoms. The molecule has 0 N–H and O–H groups in total. The molecule has 0 saturated heterocycles. The van der Waals surface area contributed by atoms with E-state index in [-0.39, 0.29) is 26.1 Å². The van der Waals surface area contributed by atoms with Crippen molar-refractivity contribution >= 4 is 11.9 Å². The Bertz CT molecular complexity index is 445. The van der Waals surface area contributed by atoms with E-state index >= 15 is 0 Å². The van der Waals surface area contributed by atoms with Crippen molar-refractivity contribution in [2.24, 2.45) is 5.41 Å². The highest BCUT2D eigenvalue weighted by atomic mass is 16.6. The minimum atomic E-state index is -2.19. The largest absolute Gasteiger partial charge is 0.465 e. The second-order valence-electron chi connectivity index (χ2n) is 4.02. The van der Waals surface area contributed by atoms with E-state index in [2.05, 4.69) is 0 Å². The van der Waals surface area contributed by atoms with Gasteiger partial charge in [0.2, 0.25) is 0 Å². The highest BCUT2D eigenvalue weighted by molar-refractivity contribution is 6.01. The van der Waals surface area contributed by atoms with Gasteiger partial charge in [0.1, 0.15) is 0 Å². The van der Waals surface area contributed by atoms with Gasteiger partial charge in [-0.2, -0.15) is 0 Å². The summed E-state index contributed by atoms with van der Waals surface area (Å²) >= 11 is 0. The molecule has 0 aliphatic heterocycles. The summed E-state index contributed by atoms with van der Waals surface area (Å²) in [5, 5.41) is 0. The molecule has 0 radical (unpaired) electrons. The van der Waals surface area contributed by atoms with E-state index in [9.17, 15) is 9.59 Å². The molecule has 0 unspecified atom stereocenters. The average molecular weight is 255 g/mol. The Morgan fingerprint density at radius 2 is 2.00 bits per heavy atom. The lowest BCUT2D eigenvalue weighted by atomic mass is 9.84. The third kappa shape index (κ3) is 2.81. The molecule has 100 valence electrons. The van der Waals surface area contributed by atoms with Gasteiger partial charge in [0.05, 0.1) is 13.2 Å². The first-order valence-electron chi connectivity index (χ1n) is 7.48. The topological polar surface area (TPSA) is 52.6 Å². The summed E-state index contributed by atoms with van der Waals surface area (Å²) in [6, 6.07) is 0. The normalized spacial score (nSPS) is 20.8. The Balaban J connectivity index is 2.92. The van der Waals surface area contributed by atoms with Crippen LogP contribution in [0.25, 0.3) is 0 Å². The summed E-state index contributed by atoms with van der Waals surface area (Å²) in [5.74, 6) is -1.26. The van der Waals surface area contributed by atoms with Crippen molar-refractivity contribution in [3.63, 3.8) is 0 Å². The van der Waals surface area contributed by atoms with Gasteiger partial charge in [-0.3, -0.25) is 9.59 Å². The number of hydrogen-bond donors (Lipinski definition) is 0. The Morgan fingerprint density at radius 3 is 2.50 bits per heavy atom. The molecule has 0 bridgehead atoms. The summed E-state index contributed by atoms with van der Waals surface area (Å²) in [5.41, 5.74) is -0.771. The van der Waals surface area contributed by atoms with Crippen LogP contribution in [0.5, 0.6) is 0 Å². The van der Waals surface area contributed by atoms with Gasteiger partial charge in [-0.1, -0.05) is 23.8 Å². The first-order chi connectivity index (χ1) is 9.75. The van der Waals surface area contributed by atoms with Crippen molar-refractivity contribution in [2.45, 2.75) is 33.5 Å². The second-order valence-corrected chi connectivity index (χ2v) is 4.02. The molecule has 0 spiro atoms. The standard InChI is InChI=1S/C14H20O4/c1-4-7-11-8-9-14(10-11,12(15)17-5-2)13(16)18-6-3/h4,7-8H,5-6,9-10H2,1-3H3/b7-4-/i1D3. The van der Waals surface area contributed by atoms with Crippen LogP contribution in [0, 0.1) is 5.41 Å². The van der Waals surface area contributed by atoms with Crippen LogP contribution in [0.1, 0.15) is 37.7 Å². The maximum absolute atomic E-state index is 12.1. The lowest BCUT2D eigenvalue weighted by Gasteiger charge is -2.24. The van der Waals surface area contributed by atoms with Gasteiger partial charge in [0.25, 0.3) is 0 Å². The third-order valence-corrected chi connectivity index (χ3v) is 2.85. The van der Waals surface area contributed by atoms with E-state index in [1.54, 1.807) is 19.9 Å². The van der Waals surface area contributed by atoms with Crippen LogP contribution in [-0.2, 0) is 19.1 Å². The fraction of sp³-hybridized carbons (Fsp3) is 0.571.